The summed E-state index contributed by atoms with van der Waals surface area (Å²) in [5, 5.41) is 5.36. The third kappa shape index (κ3) is 3.65. The van der Waals surface area contributed by atoms with Gasteiger partial charge in [0.1, 0.15) is 17.2 Å². The van der Waals surface area contributed by atoms with Crippen LogP contribution >= 0.6 is 0 Å². The molecule has 3 rings (SSSR count). The Morgan fingerprint density at radius 3 is 2.74 bits per heavy atom. The molecule has 8 nitrogen and oxygen atoms in total. The number of carbonyl (C=O) groups is 1. The van der Waals surface area contributed by atoms with Crippen molar-refractivity contribution in [2.24, 2.45) is 0 Å². The van der Waals surface area contributed by atoms with E-state index in [-0.39, 0.29) is 6.03 Å². The van der Waals surface area contributed by atoms with Crippen LogP contribution in [-0.2, 0) is 0 Å². The summed E-state index contributed by atoms with van der Waals surface area (Å²) in [6.45, 7) is 6.28. The fourth-order valence-corrected chi connectivity index (χ4v) is 2.47. The number of fused-ring (bicyclic) bond motifs is 1. The molecule has 2 aromatic heterocycles. The van der Waals surface area contributed by atoms with Gasteiger partial charge in [0, 0.05) is 32.7 Å². The maximum Gasteiger partial charge on any atom is 0.320 e. The second kappa shape index (κ2) is 6.74. The van der Waals surface area contributed by atoms with E-state index in [1.807, 2.05) is 13.0 Å². The molecule has 2 amide bonds. The van der Waals surface area contributed by atoms with Crippen LogP contribution < -0.4 is 15.5 Å². The van der Waals surface area contributed by atoms with Crippen LogP contribution in [0.25, 0.3) is 11.2 Å². The average molecular weight is 315 g/mol. The van der Waals surface area contributed by atoms with Crippen LogP contribution in [0.4, 0.5) is 16.4 Å². The normalized spacial score (nSPS) is 15.7. The molecular weight excluding hydrogens is 294 g/mol. The van der Waals surface area contributed by atoms with E-state index < -0.39 is 0 Å². The molecule has 3 heterocycles. The Bertz CT molecular complexity index is 697. The lowest BCUT2D eigenvalue weighted by Crippen LogP contribution is -2.44. The number of aromatic nitrogens is 3. The fourth-order valence-electron chi connectivity index (χ4n) is 2.47. The maximum atomic E-state index is 11.6. The number of hydrogen-bond donors (Lipinski definition) is 2. The summed E-state index contributed by atoms with van der Waals surface area (Å²) in [6.07, 6.45) is 1.78. The summed E-state index contributed by atoms with van der Waals surface area (Å²) in [5.74, 6) is 1.29. The second-order valence-electron chi connectivity index (χ2n) is 5.54. The Balaban J connectivity index is 1.81. The van der Waals surface area contributed by atoms with E-state index in [0.717, 1.165) is 32.0 Å². The van der Waals surface area contributed by atoms with Crippen molar-refractivity contribution in [3.05, 3.63) is 18.3 Å². The topological polar surface area (TPSA) is 86.3 Å². The summed E-state index contributed by atoms with van der Waals surface area (Å²) in [6, 6.07) is 3.26. The van der Waals surface area contributed by atoms with E-state index in [9.17, 15) is 4.79 Å². The van der Waals surface area contributed by atoms with Crippen molar-refractivity contribution in [1.82, 2.24) is 25.2 Å². The van der Waals surface area contributed by atoms with Gasteiger partial charge in [0.2, 0.25) is 0 Å². The zero-order valence-corrected chi connectivity index (χ0v) is 13.4. The summed E-state index contributed by atoms with van der Waals surface area (Å²) in [4.78, 5) is 29.5. The Morgan fingerprint density at radius 1 is 1.22 bits per heavy atom. The molecule has 1 aliphatic heterocycles. The number of hydrogen-bond acceptors (Lipinski definition) is 6. The van der Waals surface area contributed by atoms with E-state index in [4.69, 9.17) is 0 Å². The number of rotatable bonds is 3. The lowest BCUT2D eigenvalue weighted by molar-refractivity contribution is 0.252. The van der Waals surface area contributed by atoms with Gasteiger partial charge in [-0.3, -0.25) is 5.32 Å². The first-order valence-electron chi connectivity index (χ1n) is 7.78. The van der Waals surface area contributed by atoms with Crippen molar-refractivity contribution in [3.63, 3.8) is 0 Å². The van der Waals surface area contributed by atoms with Crippen LogP contribution in [0.1, 0.15) is 6.92 Å². The number of amides is 2. The minimum atomic E-state index is -0.275. The first kappa shape index (κ1) is 15.4. The van der Waals surface area contributed by atoms with Crippen molar-refractivity contribution in [3.8, 4) is 0 Å². The van der Waals surface area contributed by atoms with Gasteiger partial charge in [0.15, 0.2) is 5.65 Å². The highest BCUT2D eigenvalue weighted by Crippen LogP contribution is 2.17. The first-order valence-corrected chi connectivity index (χ1v) is 7.78. The molecule has 0 atom stereocenters. The van der Waals surface area contributed by atoms with Crippen LogP contribution in [0.5, 0.6) is 0 Å². The number of urea groups is 1. The van der Waals surface area contributed by atoms with Gasteiger partial charge in [-0.1, -0.05) is 0 Å². The number of anilines is 2. The Morgan fingerprint density at radius 2 is 2.00 bits per heavy atom. The van der Waals surface area contributed by atoms with Gasteiger partial charge in [-0.25, -0.2) is 19.7 Å². The molecule has 0 spiro atoms. The molecule has 8 heteroatoms. The van der Waals surface area contributed by atoms with Gasteiger partial charge in [-0.15, -0.1) is 0 Å². The third-order valence-electron chi connectivity index (χ3n) is 3.80. The number of nitrogens with zero attached hydrogens (tertiary/aromatic N) is 5. The Hall–Kier alpha value is -2.48. The van der Waals surface area contributed by atoms with Gasteiger partial charge in [-0.05, 0) is 26.1 Å². The predicted octanol–water partition coefficient (Wildman–Crippen LogP) is 0.918. The molecule has 1 saturated heterocycles. The van der Waals surface area contributed by atoms with Crippen LogP contribution in [0, 0.1) is 0 Å². The van der Waals surface area contributed by atoms with Gasteiger partial charge in [0.25, 0.3) is 0 Å². The number of piperazine rings is 1. The zero-order valence-electron chi connectivity index (χ0n) is 13.4. The van der Waals surface area contributed by atoms with Gasteiger partial charge >= 0.3 is 6.03 Å². The average Bonchev–Trinajstić information content (AvgIpc) is 2.55. The number of pyridine rings is 1. The van der Waals surface area contributed by atoms with Crippen molar-refractivity contribution >= 4 is 28.8 Å². The van der Waals surface area contributed by atoms with E-state index in [1.54, 1.807) is 12.3 Å². The van der Waals surface area contributed by atoms with Crippen molar-refractivity contribution in [2.45, 2.75) is 6.92 Å². The van der Waals surface area contributed by atoms with Gasteiger partial charge in [0.05, 0.1) is 6.20 Å². The highest BCUT2D eigenvalue weighted by molar-refractivity contribution is 5.89. The largest absolute Gasteiger partial charge is 0.353 e. The molecule has 1 fully saturated rings. The molecule has 122 valence electrons. The van der Waals surface area contributed by atoms with Crippen molar-refractivity contribution < 1.29 is 4.79 Å². The summed E-state index contributed by atoms with van der Waals surface area (Å²) < 4.78 is 0. The molecule has 0 bridgehead atoms. The molecule has 0 aromatic carbocycles. The third-order valence-corrected chi connectivity index (χ3v) is 3.80. The minimum Gasteiger partial charge on any atom is -0.353 e. The summed E-state index contributed by atoms with van der Waals surface area (Å²) >= 11 is 0. The van der Waals surface area contributed by atoms with E-state index in [1.165, 1.54) is 0 Å². The van der Waals surface area contributed by atoms with E-state index in [0.29, 0.717) is 23.5 Å². The highest BCUT2D eigenvalue weighted by atomic mass is 16.2. The Kier molecular flexibility index (Phi) is 4.52. The molecule has 1 aliphatic rings. The standard InChI is InChI=1S/C15H21N7O/c1-3-16-15(23)19-12-5-4-11-14(18-12)20-13(10-17-11)22-8-6-21(2)7-9-22/h4-5,10H,3,6-9H2,1-2H3,(H2,16,18,19,20,23). The van der Waals surface area contributed by atoms with Crippen LogP contribution in [0.15, 0.2) is 18.3 Å². The van der Waals surface area contributed by atoms with Crippen LogP contribution in [-0.4, -0.2) is 65.7 Å². The summed E-state index contributed by atoms with van der Waals surface area (Å²) in [5.41, 5.74) is 1.25. The van der Waals surface area contributed by atoms with Gasteiger partial charge in [-0.2, -0.15) is 0 Å². The lowest BCUT2D eigenvalue weighted by Gasteiger charge is -2.32. The maximum absolute atomic E-state index is 11.6. The minimum absolute atomic E-state index is 0.275. The quantitative estimate of drug-likeness (QED) is 0.876. The smallest absolute Gasteiger partial charge is 0.320 e. The molecule has 0 aliphatic carbocycles. The lowest BCUT2D eigenvalue weighted by atomic mass is 10.3. The van der Waals surface area contributed by atoms with Crippen molar-refractivity contribution in [1.29, 1.82) is 0 Å². The molecule has 0 radical (unpaired) electrons. The molecule has 0 saturated carbocycles. The molecule has 2 N–H and O–H groups in total. The molecule has 23 heavy (non-hydrogen) atoms. The predicted molar refractivity (Wildman–Crippen MR) is 89.7 cm³/mol. The second-order valence-corrected chi connectivity index (χ2v) is 5.54. The first-order chi connectivity index (χ1) is 11.2. The van der Waals surface area contributed by atoms with Crippen LogP contribution in [0.3, 0.4) is 0 Å². The zero-order chi connectivity index (χ0) is 16.2. The van der Waals surface area contributed by atoms with E-state index in [2.05, 4.69) is 42.4 Å². The highest BCUT2D eigenvalue weighted by Gasteiger charge is 2.16. The van der Waals surface area contributed by atoms with Gasteiger partial charge < -0.3 is 15.1 Å². The van der Waals surface area contributed by atoms with Crippen molar-refractivity contribution in [2.75, 3.05) is 50.0 Å². The molecular formula is C15H21N7O. The number of likely N-dealkylation sites (N-methyl/N-ethyl adjacent to an activating group) is 1. The fraction of sp³-hybridized carbons (Fsp3) is 0.467. The summed E-state index contributed by atoms with van der Waals surface area (Å²) in [7, 11) is 2.12. The monoisotopic (exact) mass is 315 g/mol. The van der Waals surface area contributed by atoms with E-state index >= 15 is 0 Å². The molecule has 0 unspecified atom stereocenters. The number of carbonyl (C=O) groups excluding carboxylic acids is 1. The molecule has 2 aromatic rings. The van der Waals surface area contributed by atoms with Crippen LogP contribution in [0.2, 0.25) is 0 Å². The Labute approximate surface area is 134 Å². The number of nitrogens with one attached hydrogen (secondary N) is 2. The SMILES string of the molecule is CCNC(=O)Nc1ccc2ncc(N3CCN(C)CC3)nc2n1.